The molecule has 1 aromatic carbocycles. The van der Waals surface area contributed by atoms with Crippen LogP contribution >= 0.6 is 11.8 Å². The van der Waals surface area contributed by atoms with Gasteiger partial charge in [-0.1, -0.05) is 11.8 Å². The summed E-state index contributed by atoms with van der Waals surface area (Å²) in [4.78, 5) is 12.8. The molecule has 1 saturated heterocycles. The van der Waals surface area contributed by atoms with Gasteiger partial charge in [-0.2, -0.15) is 0 Å². The number of ether oxygens (including phenoxy) is 3. The van der Waals surface area contributed by atoms with E-state index in [9.17, 15) is 4.79 Å². The van der Waals surface area contributed by atoms with E-state index in [1.807, 2.05) is 6.92 Å². The standard InChI is InChI=1S/C17H22N4O4S/c1-11(16(22)12-6-7-14(23-2)15(9-12)24-3)26-17-18-19-20-21(17)10-13-5-4-8-25-13/h6-7,9,11,13H,4-5,8,10H2,1-3H3. The second kappa shape index (κ2) is 8.50. The van der Waals surface area contributed by atoms with Gasteiger partial charge in [0.2, 0.25) is 5.16 Å². The summed E-state index contributed by atoms with van der Waals surface area (Å²) in [5.41, 5.74) is 0.556. The molecular weight excluding hydrogens is 356 g/mol. The van der Waals surface area contributed by atoms with Gasteiger partial charge in [0, 0.05) is 12.2 Å². The van der Waals surface area contributed by atoms with E-state index in [1.165, 1.54) is 11.8 Å². The number of benzene rings is 1. The molecule has 0 bridgehead atoms. The van der Waals surface area contributed by atoms with E-state index in [1.54, 1.807) is 37.1 Å². The largest absolute Gasteiger partial charge is 0.493 e. The van der Waals surface area contributed by atoms with Crippen LogP contribution in [0.3, 0.4) is 0 Å². The molecule has 0 N–H and O–H groups in total. The van der Waals surface area contributed by atoms with Crippen LogP contribution in [0.15, 0.2) is 23.4 Å². The summed E-state index contributed by atoms with van der Waals surface area (Å²) in [5.74, 6) is 1.09. The van der Waals surface area contributed by atoms with Crippen LogP contribution in [0.4, 0.5) is 0 Å². The highest BCUT2D eigenvalue weighted by Crippen LogP contribution is 2.30. The molecule has 1 aliphatic rings. The van der Waals surface area contributed by atoms with E-state index in [0.29, 0.717) is 28.8 Å². The molecule has 0 radical (unpaired) electrons. The van der Waals surface area contributed by atoms with Gasteiger partial charge < -0.3 is 14.2 Å². The lowest BCUT2D eigenvalue weighted by molar-refractivity contribution is 0.0911. The molecule has 2 atom stereocenters. The van der Waals surface area contributed by atoms with E-state index in [2.05, 4.69) is 15.5 Å². The minimum atomic E-state index is -0.345. The Labute approximate surface area is 156 Å². The highest BCUT2D eigenvalue weighted by molar-refractivity contribution is 8.00. The maximum absolute atomic E-state index is 12.8. The van der Waals surface area contributed by atoms with Gasteiger partial charge in [0.1, 0.15) is 0 Å². The minimum Gasteiger partial charge on any atom is -0.493 e. The summed E-state index contributed by atoms with van der Waals surface area (Å²) in [7, 11) is 3.11. The third-order valence-corrected chi connectivity index (χ3v) is 5.29. The molecule has 0 spiro atoms. The number of hydrogen-bond donors (Lipinski definition) is 0. The van der Waals surface area contributed by atoms with Gasteiger partial charge in [-0.15, -0.1) is 5.10 Å². The van der Waals surface area contributed by atoms with Crippen molar-refractivity contribution >= 4 is 17.5 Å². The smallest absolute Gasteiger partial charge is 0.210 e. The first-order valence-electron chi connectivity index (χ1n) is 8.43. The molecule has 0 saturated carbocycles. The number of rotatable bonds is 8. The first-order chi connectivity index (χ1) is 12.6. The molecular formula is C17H22N4O4S. The van der Waals surface area contributed by atoms with Crippen LogP contribution in [0.2, 0.25) is 0 Å². The number of Topliss-reactive ketones (excluding diaryl/α,β-unsaturated/α-hetero) is 1. The lowest BCUT2D eigenvalue weighted by Crippen LogP contribution is -2.19. The second-order valence-electron chi connectivity index (χ2n) is 5.97. The molecule has 2 heterocycles. The van der Waals surface area contributed by atoms with Crippen LogP contribution in [0.5, 0.6) is 11.5 Å². The fourth-order valence-corrected chi connectivity index (χ4v) is 3.69. The van der Waals surface area contributed by atoms with Gasteiger partial charge in [-0.05, 0) is 48.4 Å². The number of carbonyl (C=O) groups is 1. The van der Waals surface area contributed by atoms with E-state index in [0.717, 1.165) is 19.4 Å². The SMILES string of the molecule is COc1ccc(C(=O)C(C)Sc2nnnn2CC2CCCO2)cc1OC. The summed E-state index contributed by atoms with van der Waals surface area (Å²) >= 11 is 1.34. The van der Waals surface area contributed by atoms with Gasteiger partial charge in [0.25, 0.3) is 0 Å². The average molecular weight is 378 g/mol. The van der Waals surface area contributed by atoms with Crippen LogP contribution in [-0.2, 0) is 11.3 Å². The highest BCUT2D eigenvalue weighted by Gasteiger charge is 2.23. The Hall–Kier alpha value is -2.13. The molecule has 9 heteroatoms. The first-order valence-corrected chi connectivity index (χ1v) is 9.31. The van der Waals surface area contributed by atoms with Crippen LogP contribution in [0.25, 0.3) is 0 Å². The molecule has 26 heavy (non-hydrogen) atoms. The number of nitrogens with zero attached hydrogens (tertiary/aromatic N) is 4. The highest BCUT2D eigenvalue weighted by atomic mass is 32.2. The third kappa shape index (κ3) is 4.16. The summed E-state index contributed by atoms with van der Waals surface area (Å²) < 4.78 is 17.8. The Morgan fingerprint density at radius 3 is 2.88 bits per heavy atom. The van der Waals surface area contributed by atoms with Crippen LogP contribution in [0.1, 0.15) is 30.1 Å². The molecule has 1 aromatic heterocycles. The van der Waals surface area contributed by atoms with Gasteiger partial charge >= 0.3 is 0 Å². The number of hydrogen-bond acceptors (Lipinski definition) is 8. The molecule has 2 unspecified atom stereocenters. The molecule has 0 amide bonds. The summed E-state index contributed by atoms with van der Waals surface area (Å²) in [5, 5.41) is 12.1. The molecule has 8 nitrogen and oxygen atoms in total. The summed E-state index contributed by atoms with van der Waals surface area (Å²) in [6.07, 6.45) is 2.20. The Morgan fingerprint density at radius 1 is 1.38 bits per heavy atom. The maximum Gasteiger partial charge on any atom is 0.210 e. The number of methoxy groups -OCH3 is 2. The van der Waals surface area contributed by atoms with Crippen molar-refractivity contribution in [1.29, 1.82) is 0 Å². The Balaban J connectivity index is 1.69. The fraction of sp³-hybridized carbons (Fsp3) is 0.529. The average Bonchev–Trinajstić information content (AvgIpc) is 3.33. The van der Waals surface area contributed by atoms with Gasteiger partial charge in [-0.3, -0.25) is 4.79 Å². The lowest BCUT2D eigenvalue weighted by Gasteiger charge is -2.13. The number of ketones is 1. The van der Waals surface area contributed by atoms with Crippen LogP contribution in [0, 0.1) is 0 Å². The number of tetrazole rings is 1. The van der Waals surface area contributed by atoms with E-state index < -0.39 is 0 Å². The van der Waals surface area contributed by atoms with Crippen molar-refractivity contribution in [2.24, 2.45) is 0 Å². The number of thioether (sulfide) groups is 1. The third-order valence-electron chi connectivity index (χ3n) is 4.22. The van der Waals surface area contributed by atoms with Crippen molar-refractivity contribution in [3.8, 4) is 11.5 Å². The van der Waals surface area contributed by atoms with Gasteiger partial charge in [0.15, 0.2) is 17.3 Å². The normalized spacial score (nSPS) is 17.9. The minimum absolute atomic E-state index is 0.0254. The van der Waals surface area contributed by atoms with Crippen LogP contribution < -0.4 is 9.47 Å². The van der Waals surface area contributed by atoms with E-state index in [-0.39, 0.29) is 17.1 Å². The topological polar surface area (TPSA) is 88.4 Å². The molecule has 1 aliphatic heterocycles. The summed E-state index contributed by atoms with van der Waals surface area (Å²) in [6.45, 7) is 3.23. The van der Waals surface area contributed by atoms with E-state index >= 15 is 0 Å². The Morgan fingerprint density at radius 2 is 2.19 bits per heavy atom. The van der Waals surface area contributed by atoms with Crippen LogP contribution in [-0.4, -0.2) is 58.2 Å². The molecule has 3 rings (SSSR count). The first kappa shape index (κ1) is 18.7. The predicted octanol–water partition coefficient (Wildman–Crippen LogP) is 2.23. The molecule has 1 fully saturated rings. The predicted molar refractivity (Wildman–Crippen MR) is 96.0 cm³/mol. The van der Waals surface area contributed by atoms with Gasteiger partial charge in [0.05, 0.1) is 32.1 Å². The molecule has 0 aliphatic carbocycles. The van der Waals surface area contributed by atoms with Crippen molar-refractivity contribution in [2.45, 2.75) is 42.8 Å². The monoisotopic (exact) mass is 378 g/mol. The fourth-order valence-electron chi connectivity index (χ4n) is 2.81. The quantitative estimate of drug-likeness (QED) is 0.510. The van der Waals surface area contributed by atoms with E-state index in [4.69, 9.17) is 14.2 Å². The zero-order chi connectivity index (χ0) is 18.5. The Bertz CT molecular complexity index is 761. The Kier molecular flexibility index (Phi) is 6.10. The molecule has 2 aromatic rings. The second-order valence-corrected chi connectivity index (χ2v) is 7.28. The molecule has 140 valence electrons. The van der Waals surface area contributed by atoms with Crippen molar-refractivity contribution in [3.05, 3.63) is 23.8 Å². The van der Waals surface area contributed by atoms with Crippen molar-refractivity contribution in [3.63, 3.8) is 0 Å². The zero-order valence-electron chi connectivity index (χ0n) is 15.0. The van der Waals surface area contributed by atoms with Crippen molar-refractivity contribution in [1.82, 2.24) is 20.2 Å². The lowest BCUT2D eigenvalue weighted by atomic mass is 10.1. The van der Waals surface area contributed by atoms with Crippen molar-refractivity contribution in [2.75, 3.05) is 20.8 Å². The number of aromatic nitrogens is 4. The zero-order valence-corrected chi connectivity index (χ0v) is 15.9. The summed E-state index contributed by atoms with van der Waals surface area (Å²) in [6, 6.07) is 5.15. The van der Waals surface area contributed by atoms with Crippen molar-refractivity contribution < 1.29 is 19.0 Å². The maximum atomic E-state index is 12.8. The van der Waals surface area contributed by atoms with Gasteiger partial charge in [-0.25, -0.2) is 4.68 Å². The number of carbonyl (C=O) groups excluding carboxylic acids is 1.